The second-order valence-electron chi connectivity index (χ2n) is 4.94. The number of hydrogen-bond acceptors (Lipinski definition) is 4. The van der Waals surface area contributed by atoms with Crippen LogP contribution in [0.25, 0.3) is 0 Å². The molecule has 0 saturated heterocycles. The van der Waals surface area contributed by atoms with Gasteiger partial charge in [0, 0.05) is 23.8 Å². The van der Waals surface area contributed by atoms with Crippen LogP contribution >= 0.6 is 11.8 Å². The van der Waals surface area contributed by atoms with Crippen LogP contribution in [0, 0.1) is 0 Å². The first-order valence-corrected chi connectivity index (χ1v) is 7.93. The molecule has 24 heavy (non-hydrogen) atoms. The number of nitrogens with one attached hydrogen (secondary N) is 1. The van der Waals surface area contributed by atoms with E-state index in [1.807, 2.05) is 0 Å². The minimum atomic E-state index is -2.50. The molecule has 1 atom stereocenters. The second-order valence-corrected chi connectivity index (χ2v) is 6.01. The zero-order valence-corrected chi connectivity index (χ0v) is 13.8. The summed E-state index contributed by atoms with van der Waals surface area (Å²) >= 11 is 0.423. The van der Waals surface area contributed by atoms with Gasteiger partial charge in [0.05, 0.1) is 0 Å². The third-order valence-electron chi connectivity index (χ3n) is 3.15. The molecule has 0 aliphatic carbocycles. The molecule has 1 heterocycles. The van der Waals surface area contributed by atoms with E-state index in [9.17, 15) is 18.4 Å². The smallest absolute Gasteiger partial charge is 0.355 e. The maximum Gasteiger partial charge on any atom is 0.355 e. The number of alkyl halides is 2. The summed E-state index contributed by atoms with van der Waals surface area (Å²) in [5.41, 5.74) is 0.767. The van der Waals surface area contributed by atoms with Gasteiger partial charge in [-0.25, -0.2) is 4.79 Å². The van der Waals surface area contributed by atoms with Crippen molar-refractivity contribution in [2.45, 2.75) is 23.7 Å². The molecule has 0 aliphatic heterocycles. The molecule has 0 bridgehead atoms. The second kappa shape index (κ2) is 7.96. The van der Waals surface area contributed by atoms with Crippen molar-refractivity contribution in [2.24, 2.45) is 7.05 Å². The number of benzene rings is 1. The van der Waals surface area contributed by atoms with Crippen molar-refractivity contribution in [2.75, 3.05) is 5.32 Å². The van der Waals surface area contributed by atoms with E-state index in [1.165, 1.54) is 31.2 Å². The summed E-state index contributed by atoms with van der Waals surface area (Å²) in [5, 5.41) is 2.57. The number of ether oxygens (including phenoxy) is 1. The first-order chi connectivity index (χ1) is 11.4. The molecule has 0 spiro atoms. The highest BCUT2D eigenvalue weighted by molar-refractivity contribution is 7.99. The number of aromatic nitrogens is 1. The zero-order valence-electron chi connectivity index (χ0n) is 13.0. The highest BCUT2D eigenvalue weighted by Gasteiger charge is 2.20. The summed E-state index contributed by atoms with van der Waals surface area (Å²) in [4.78, 5) is 24.4. The molecule has 1 amide bonds. The van der Waals surface area contributed by atoms with Gasteiger partial charge in [0.15, 0.2) is 6.10 Å². The molecule has 8 heteroatoms. The molecule has 1 aromatic heterocycles. The lowest BCUT2D eigenvalue weighted by Gasteiger charge is -2.14. The highest BCUT2D eigenvalue weighted by atomic mass is 32.2. The number of carbonyl (C=O) groups is 2. The van der Waals surface area contributed by atoms with Crippen LogP contribution in [0.1, 0.15) is 17.4 Å². The van der Waals surface area contributed by atoms with Crippen molar-refractivity contribution in [3.05, 3.63) is 48.3 Å². The molecule has 0 saturated carbocycles. The number of hydrogen-bond donors (Lipinski definition) is 1. The molecule has 0 aliphatic rings. The maximum absolute atomic E-state index is 12.2. The van der Waals surface area contributed by atoms with E-state index < -0.39 is 23.7 Å². The molecule has 0 radical (unpaired) electrons. The Balaban J connectivity index is 1.91. The van der Waals surface area contributed by atoms with E-state index >= 15 is 0 Å². The summed E-state index contributed by atoms with van der Waals surface area (Å²) in [6.07, 6.45) is 0.697. The van der Waals surface area contributed by atoms with Gasteiger partial charge < -0.3 is 14.6 Å². The van der Waals surface area contributed by atoms with Crippen molar-refractivity contribution in [1.29, 1.82) is 0 Å². The van der Waals surface area contributed by atoms with Gasteiger partial charge in [-0.05, 0) is 43.3 Å². The van der Waals surface area contributed by atoms with Crippen LogP contribution in [0.15, 0.2) is 47.5 Å². The first kappa shape index (κ1) is 18.0. The van der Waals surface area contributed by atoms with Crippen LogP contribution in [0.5, 0.6) is 0 Å². The van der Waals surface area contributed by atoms with Crippen LogP contribution in [0.3, 0.4) is 0 Å². The van der Waals surface area contributed by atoms with Gasteiger partial charge in [-0.15, -0.1) is 0 Å². The van der Waals surface area contributed by atoms with Gasteiger partial charge in [-0.2, -0.15) is 8.78 Å². The Hall–Kier alpha value is -2.35. The lowest BCUT2D eigenvalue weighted by atomic mass is 10.3. The minimum Gasteiger partial charge on any atom is -0.448 e. The van der Waals surface area contributed by atoms with Gasteiger partial charge in [0.1, 0.15) is 5.69 Å². The number of aryl methyl sites for hydroxylation is 1. The van der Waals surface area contributed by atoms with Crippen LogP contribution in [-0.2, 0) is 16.6 Å². The van der Waals surface area contributed by atoms with E-state index in [-0.39, 0.29) is 0 Å². The van der Waals surface area contributed by atoms with Crippen molar-refractivity contribution in [3.63, 3.8) is 0 Å². The lowest BCUT2D eigenvalue weighted by Crippen LogP contribution is -2.30. The number of thioether (sulfide) groups is 1. The summed E-state index contributed by atoms with van der Waals surface area (Å²) in [6, 6.07) is 9.26. The molecular formula is C16H16F2N2O3S. The SMILES string of the molecule is C[C@@H](OC(=O)c1cccn1C)C(=O)Nc1ccc(SC(F)F)cc1. The van der Waals surface area contributed by atoms with Crippen LogP contribution < -0.4 is 5.32 Å². The fraction of sp³-hybridized carbons (Fsp3) is 0.250. The fourth-order valence-corrected chi connectivity index (χ4v) is 2.41. The normalized spacial score (nSPS) is 12.0. The fourth-order valence-electron chi connectivity index (χ4n) is 1.91. The quantitative estimate of drug-likeness (QED) is 0.637. The summed E-state index contributed by atoms with van der Waals surface area (Å²) in [6.45, 7) is 1.46. The zero-order chi connectivity index (χ0) is 17.7. The van der Waals surface area contributed by atoms with Gasteiger partial charge in [-0.1, -0.05) is 11.8 Å². The Morgan fingerprint density at radius 3 is 2.42 bits per heavy atom. The number of nitrogens with zero attached hydrogens (tertiary/aromatic N) is 1. The van der Waals surface area contributed by atoms with Crippen molar-refractivity contribution in [1.82, 2.24) is 4.57 Å². The van der Waals surface area contributed by atoms with E-state index in [2.05, 4.69) is 5.32 Å². The molecule has 2 aromatic rings. The van der Waals surface area contributed by atoms with Crippen LogP contribution in [0.2, 0.25) is 0 Å². The molecule has 5 nitrogen and oxygen atoms in total. The van der Waals surface area contributed by atoms with Gasteiger partial charge in [-0.3, -0.25) is 4.79 Å². The lowest BCUT2D eigenvalue weighted by molar-refractivity contribution is -0.123. The number of halogens is 2. The number of esters is 1. The Labute approximate surface area is 142 Å². The average Bonchev–Trinajstić information content (AvgIpc) is 2.94. The van der Waals surface area contributed by atoms with Crippen molar-refractivity contribution < 1.29 is 23.1 Å². The van der Waals surface area contributed by atoms with Gasteiger partial charge in [0.2, 0.25) is 0 Å². The standard InChI is InChI=1S/C16H16F2N2O3S/c1-10(23-15(22)13-4-3-9-20(13)2)14(21)19-11-5-7-12(8-6-11)24-16(17)18/h3-10,16H,1-2H3,(H,19,21)/t10-/m1/s1. The predicted molar refractivity (Wildman–Crippen MR) is 87.2 cm³/mol. The molecule has 0 fully saturated rings. The third kappa shape index (κ3) is 4.82. The van der Waals surface area contributed by atoms with E-state index in [0.29, 0.717) is 28.0 Å². The molecule has 1 N–H and O–H groups in total. The van der Waals surface area contributed by atoms with Crippen LogP contribution in [0.4, 0.5) is 14.5 Å². The Morgan fingerprint density at radius 2 is 1.88 bits per heavy atom. The van der Waals surface area contributed by atoms with E-state index in [4.69, 9.17) is 4.74 Å². The van der Waals surface area contributed by atoms with Crippen molar-refractivity contribution >= 4 is 29.3 Å². The molecular weight excluding hydrogens is 338 g/mol. The third-order valence-corrected chi connectivity index (χ3v) is 3.88. The first-order valence-electron chi connectivity index (χ1n) is 7.05. The van der Waals surface area contributed by atoms with E-state index in [0.717, 1.165) is 0 Å². The highest BCUT2D eigenvalue weighted by Crippen LogP contribution is 2.26. The Morgan fingerprint density at radius 1 is 1.21 bits per heavy atom. The summed E-state index contributed by atoms with van der Waals surface area (Å²) in [7, 11) is 1.69. The number of carbonyl (C=O) groups excluding carboxylic acids is 2. The minimum absolute atomic E-state index is 0.336. The topological polar surface area (TPSA) is 60.3 Å². The molecule has 128 valence electrons. The van der Waals surface area contributed by atoms with Gasteiger partial charge in [0.25, 0.3) is 11.7 Å². The summed E-state index contributed by atoms with van der Waals surface area (Å²) in [5.74, 6) is -3.61. The number of amides is 1. The number of anilines is 1. The Bertz CT molecular complexity index is 716. The summed E-state index contributed by atoms with van der Waals surface area (Å²) < 4.78 is 31.2. The number of rotatable bonds is 6. The monoisotopic (exact) mass is 354 g/mol. The Kier molecular flexibility index (Phi) is 5.97. The molecule has 2 rings (SSSR count). The molecule has 0 unspecified atom stereocenters. The maximum atomic E-state index is 12.2. The predicted octanol–water partition coefficient (Wildman–Crippen LogP) is 3.52. The van der Waals surface area contributed by atoms with Crippen LogP contribution in [-0.4, -0.2) is 28.3 Å². The van der Waals surface area contributed by atoms with Gasteiger partial charge >= 0.3 is 5.97 Å². The van der Waals surface area contributed by atoms with E-state index in [1.54, 1.807) is 29.9 Å². The van der Waals surface area contributed by atoms with Crippen molar-refractivity contribution in [3.8, 4) is 0 Å². The average molecular weight is 354 g/mol. The largest absolute Gasteiger partial charge is 0.448 e. The molecule has 1 aromatic carbocycles.